The molecule has 0 amide bonds. The number of hydrogen-bond acceptors (Lipinski definition) is 2. The molecule has 0 radical (unpaired) electrons. The Morgan fingerprint density at radius 1 is 0.913 bits per heavy atom. The summed E-state index contributed by atoms with van der Waals surface area (Å²) in [4.78, 5) is 0. The monoisotopic (exact) mass is 306 g/mol. The topological polar surface area (TPSA) is 33.4 Å². The van der Waals surface area contributed by atoms with Crippen LogP contribution in [0.5, 0.6) is 0 Å². The van der Waals surface area contributed by atoms with Crippen molar-refractivity contribution in [1.29, 1.82) is 0 Å². The van der Waals surface area contributed by atoms with E-state index in [9.17, 15) is 0 Å². The maximum Gasteiger partial charge on any atom is 0.137 e. The molecule has 3 rings (SSSR count). The molecule has 3 aromatic rings. The Labute approximate surface area is 137 Å². The Balaban J connectivity index is 1.99. The van der Waals surface area contributed by atoms with E-state index in [0.717, 1.165) is 41.1 Å². The molecule has 0 aliphatic rings. The van der Waals surface area contributed by atoms with Crippen molar-refractivity contribution in [2.24, 2.45) is 0 Å². The van der Waals surface area contributed by atoms with E-state index in [1.807, 2.05) is 42.5 Å². The maximum absolute atomic E-state index is 9.17. The van der Waals surface area contributed by atoms with Crippen molar-refractivity contribution in [2.45, 2.75) is 32.8 Å². The van der Waals surface area contributed by atoms with E-state index in [1.54, 1.807) is 0 Å². The molecule has 0 aliphatic carbocycles. The van der Waals surface area contributed by atoms with Crippen LogP contribution in [0.3, 0.4) is 0 Å². The van der Waals surface area contributed by atoms with Crippen molar-refractivity contribution < 1.29 is 9.52 Å². The van der Waals surface area contributed by atoms with Crippen molar-refractivity contribution in [3.05, 3.63) is 71.8 Å². The van der Waals surface area contributed by atoms with Gasteiger partial charge in [-0.2, -0.15) is 0 Å². The highest BCUT2D eigenvalue weighted by Crippen LogP contribution is 2.33. The second-order valence-corrected chi connectivity index (χ2v) is 5.79. The fraction of sp³-hybridized carbons (Fsp3) is 0.238. The van der Waals surface area contributed by atoms with Gasteiger partial charge in [-0.3, -0.25) is 0 Å². The van der Waals surface area contributed by atoms with Crippen LogP contribution in [0.1, 0.15) is 30.9 Å². The van der Waals surface area contributed by atoms with Gasteiger partial charge in [0.05, 0.1) is 6.61 Å². The lowest BCUT2D eigenvalue weighted by molar-refractivity contribution is 0.282. The lowest BCUT2D eigenvalue weighted by Crippen LogP contribution is -1.85. The molecule has 0 atom stereocenters. The van der Waals surface area contributed by atoms with Crippen molar-refractivity contribution in [3.8, 4) is 22.6 Å². The van der Waals surface area contributed by atoms with E-state index in [2.05, 4.69) is 25.1 Å². The summed E-state index contributed by atoms with van der Waals surface area (Å²) in [5.41, 5.74) is 4.34. The molecule has 1 heterocycles. The van der Waals surface area contributed by atoms with Crippen molar-refractivity contribution in [1.82, 2.24) is 0 Å². The Hall–Kier alpha value is -2.32. The summed E-state index contributed by atoms with van der Waals surface area (Å²) in [6, 6.07) is 20.3. The summed E-state index contributed by atoms with van der Waals surface area (Å²) in [6.45, 7) is 2.27. The highest BCUT2D eigenvalue weighted by atomic mass is 16.3. The first-order valence-corrected chi connectivity index (χ1v) is 8.20. The van der Waals surface area contributed by atoms with E-state index in [-0.39, 0.29) is 6.61 Å². The van der Waals surface area contributed by atoms with Crippen LogP contribution in [0.2, 0.25) is 0 Å². The zero-order chi connectivity index (χ0) is 16.1. The first-order chi connectivity index (χ1) is 11.3. The third-order valence-corrected chi connectivity index (χ3v) is 4.07. The van der Waals surface area contributed by atoms with Crippen LogP contribution in [0.15, 0.2) is 65.1 Å². The van der Waals surface area contributed by atoms with E-state index in [4.69, 9.17) is 9.52 Å². The molecule has 0 saturated carbocycles. The minimum Gasteiger partial charge on any atom is -0.456 e. The van der Waals surface area contributed by atoms with Gasteiger partial charge in [0.15, 0.2) is 0 Å². The molecule has 0 spiro atoms. The molecule has 0 unspecified atom stereocenters. The molecule has 2 nitrogen and oxygen atoms in total. The van der Waals surface area contributed by atoms with Gasteiger partial charge < -0.3 is 9.52 Å². The summed E-state index contributed by atoms with van der Waals surface area (Å²) in [6.07, 6.45) is 3.35. The highest BCUT2D eigenvalue weighted by Gasteiger charge is 2.14. The van der Waals surface area contributed by atoms with Crippen LogP contribution < -0.4 is 0 Å². The zero-order valence-electron chi connectivity index (χ0n) is 13.5. The summed E-state index contributed by atoms with van der Waals surface area (Å²) in [5.74, 6) is 1.86. The number of unbranched alkanes of at least 4 members (excludes halogenated alkanes) is 1. The van der Waals surface area contributed by atoms with Crippen LogP contribution in [0.25, 0.3) is 22.6 Å². The van der Waals surface area contributed by atoms with Crippen molar-refractivity contribution in [3.63, 3.8) is 0 Å². The van der Waals surface area contributed by atoms with Gasteiger partial charge in [0.1, 0.15) is 11.5 Å². The van der Waals surface area contributed by atoms with Crippen LogP contribution in [0, 0.1) is 0 Å². The zero-order valence-corrected chi connectivity index (χ0v) is 13.5. The average Bonchev–Trinajstić information content (AvgIpc) is 3.05. The Morgan fingerprint density at radius 2 is 1.65 bits per heavy atom. The van der Waals surface area contributed by atoms with Gasteiger partial charge in [-0.05, 0) is 30.0 Å². The fourth-order valence-corrected chi connectivity index (χ4v) is 2.73. The van der Waals surface area contributed by atoms with Crippen LogP contribution in [-0.2, 0) is 13.0 Å². The molecular weight excluding hydrogens is 284 g/mol. The molecule has 1 N–H and O–H groups in total. The van der Waals surface area contributed by atoms with Gasteiger partial charge in [0.25, 0.3) is 0 Å². The molecule has 23 heavy (non-hydrogen) atoms. The summed E-state index contributed by atoms with van der Waals surface area (Å²) in [7, 11) is 0. The fourth-order valence-electron chi connectivity index (χ4n) is 2.73. The van der Waals surface area contributed by atoms with E-state index in [1.165, 1.54) is 12.0 Å². The SMILES string of the molecule is CCCCc1cc(-c2ccc(CO)cc2)oc1-c1ccccc1. The van der Waals surface area contributed by atoms with E-state index in [0.29, 0.717) is 0 Å². The summed E-state index contributed by atoms with van der Waals surface area (Å²) >= 11 is 0. The molecule has 0 fully saturated rings. The van der Waals surface area contributed by atoms with Crippen molar-refractivity contribution >= 4 is 0 Å². The standard InChI is InChI=1S/C21H22O2/c1-2-3-7-19-14-20(17-12-10-16(15-22)11-13-17)23-21(19)18-8-5-4-6-9-18/h4-6,8-14,22H,2-3,7,15H2,1H3. The van der Waals surface area contributed by atoms with Gasteiger partial charge in [0, 0.05) is 11.1 Å². The summed E-state index contributed by atoms with van der Waals surface area (Å²) < 4.78 is 6.19. The molecule has 0 aliphatic heterocycles. The first kappa shape index (κ1) is 15.6. The van der Waals surface area contributed by atoms with Gasteiger partial charge >= 0.3 is 0 Å². The van der Waals surface area contributed by atoms with E-state index >= 15 is 0 Å². The number of furan rings is 1. The van der Waals surface area contributed by atoms with Gasteiger partial charge in [0.2, 0.25) is 0 Å². The molecule has 1 aromatic heterocycles. The average molecular weight is 306 g/mol. The predicted molar refractivity (Wildman–Crippen MR) is 94.1 cm³/mol. The third-order valence-electron chi connectivity index (χ3n) is 4.07. The first-order valence-electron chi connectivity index (χ1n) is 8.20. The van der Waals surface area contributed by atoms with Crippen LogP contribution in [-0.4, -0.2) is 5.11 Å². The number of hydrogen-bond donors (Lipinski definition) is 1. The van der Waals surface area contributed by atoms with Gasteiger partial charge in [-0.25, -0.2) is 0 Å². The second kappa shape index (κ2) is 7.30. The Kier molecular flexibility index (Phi) is 4.94. The maximum atomic E-state index is 9.17. The number of rotatable bonds is 6. The quantitative estimate of drug-likeness (QED) is 0.657. The normalized spacial score (nSPS) is 10.9. The molecule has 2 heteroatoms. The van der Waals surface area contributed by atoms with Crippen LogP contribution >= 0.6 is 0 Å². The number of benzene rings is 2. The van der Waals surface area contributed by atoms with E-state index < -0.39 is 0 Å². The summed E-state index contributed by atoms with van der Waals surface area (Å²) in [5, 5.41) is 9.17. The highest BCUT2D eigenvalue weighted by molar-refractivity contribution is 5.68. The molecule has 0 bridgehead atoms. The van der Waals surface area contributed by atoms with Crippen molar-refractivity contribution in [2.75, 3.05) is 0 Å². The Bertz CT molecular complexity index is 739. The molecular formula is C21H22O2. The van der Waals surface area contributed by atoms with Crippen LogP contribution in [0.4, 0.5) is 0 Å². The largest absolute Gasteiger partial charge is 0.456 e. The third kappa shape index (κ3) is 3.54. The minimum absolute atomic E-state index is 0.0649. The minimum atomic E-state index is 0.0649. The molecule has 0 saturated heterocycles. The van der Waals surface area contributed by atoms with Gasteiger partial charge in [-0.15, -0.1) is 0 Å². The van der Waals surface area contributed by atoms with Gasteiger partial charge in [-0.1, -0.05) is 67.9 Å². The molecule has 2 aromatic carbocycles. The smallest absolute Gasteiger partial charge is 0.137 e. The second-order valence-electron chi connectivity index (χ2n) is 5.79. The number of aliphatic hydroxyl groups is 1. The molecule has 118 valence electrons. The lowest BCUT2D eigenvalue weighted by Gasteiger charge is -2.02. The number of aryl methyl sites for hydroxylation is 1. The predicted octanol–water partition coefficient (Wildman–Crippen LogP) is 5.45. The Morgan fingerprint density at radius 3 is 2.30 bits per heavy atom. The number of aliphatic hydroxyl groups excluding tert-OH is 1. The lowest BCUT2D eigenvalue weighted by atomic mass is 10.0.